The first-order valence-electron chi connectivity index (χ1n) is 12.6. The maximum atomic E-state index is 13.1. The van der Waals surface area contributed by atoms with Gasteiger partial charge in [-0.3, -0.25) is 9.78 Å². The lowest BCUT2D eigenvalue weighted by Crippen LogP contribution is -2.15. The molecule has 0 saturated heterocycles. The van der Waals surface area contributed by atoms with Crippen LogP contribution < -0.4 is 10.6 Å². The van der Waals surface area contributed by atoms with Crippen LogP contribution in [0.5, 0.6) is 0 Å². The molecule has 0 saturated carbocycles. The van der Waals surface area contributed by atoms with E-state index in [1.54, 1.807) is 12.4 Å². The Hall–Kier alpha value is -4.38. The van der Waals surface area contributed by atoms with Gasteiger partial charge in [0, 0.05) is 39.7 Å². The molecule has 0 fully saturated rings. The normalized spacial score (nSPS) is 11.5. The summed E-state index contributed by atoms with van der Waals surface area (Å²) in [5.41, 5.74) is 9.14. The quantitative estimate of drug-likeness (QED) is 0.229. The smallest absolute Gasteiger partial charge is 0.228 e. The van der Waals surface area contributed by atoms with Crippen molar-refractivity contribution >= 4 is 33.9 Å². The number of amides is 1. The molecular weight excluding hydrogens is 456 g/mol. The van der Waals surface area contributed by atoms with Gasteiger partial charge in [-0.05, 0) is 65.4 Å². The van der Waals surface area contributed by atoms with Gasteiger partial charge in [0.25, 0.3) is 0 Å². The van der Waals surface area contributed by atoms with Gasteiger partial charge in [0.2, 0.25) is 5.91 Å². The second-order valence-electron chi connectivity index (χ2n) is 10.5. The predicted octanol–water partition coefficient (Wildman–Crippen LogP) is 7.76. The maximum absolute atomic E-state index is 13.1. The van der Waals surface area contributed by atoms with E-state index in [1.807, 2.05) is 55.5 Å². The first-order chi connectivity index (χ1) is 17.8. The van der Waals surface area contributed by atoms with Gasteiger partial charge < -0.3 is 15.6 Å². The number of hydrogen-bond acceptors (Lipinski definition) is 3. The summed E-state index contributed by atoms with van der Waals surface area (Å²) in [6.45, 7) is 8.65. The number of H-pyrrole nitrogens is 1. The summed E-state index contributed by atoms with van der Waals surface area (Å²) in [7, 11) is 0. The molecule has 0 atom stereocenters. The SMILES string of the molecule is Cc1[nH]c2ccccc2c1CC(=O)Nc1ccc(Nc2cccnc2)c(-c2ccc(C(C)(C)C)cc2)c1. The summed E-state index contributed by atoms with van der Waals surface area (Å²) in [6, 6.07) is 26.6. The second kappa shape index (κ2) is 9.94. The molecule has 3 N–H and O–H groups in total. The molecule has 0 aliphatic carbocycles. The molecule has 37 heavy (non-hydrogen) atoms. The van der Waals surface area contributed by atoms with Gasteiger partial charge in [-0.1, -0.05) is 63.2 Å². The molecule has 1 amide bonds. The fraction of sp³-hybridized carbons (Fsp3) is 0.188. The van der Waals surface area contributed by atoms with Crippen molar-refractivity contribution in [3.8, 4) is 11.1 Å². The number of aromatic nitrogens is 2. The summed E-state index contributed by atoms with van der Waals surface area (Å²) in [6.07, 6.45) is 3.86. The predicted molar refractivity (Wildman–Crippen MR) is 153 cm³/mol. The molecule has 5 heteroatoms. The number of hydrogen-bond donors (Lipinski definition) is 3. The Morgan fingerprint density at radius 3 is 2.43 bits per heavy atom. The van der Waals surface area contributed by atoms with E-state index in [1.165, 1.54) is 5.56 Å². The molecule has 5 aromatic rings. The minimum atomic E-state index is -0.0464. The molecular formula is C32H32N4O. The zero-order valence-electron chi connectivity index (χ0n) is 21.7. The van der Waals surface area contributed by atoms with Crippen molar-refractivity contribution in [3.05, 3.63) is 108 Å². The number of nitrogens with zero attached hydrogens (tertiary/aromatic N) is 1. The number of rotatable bonds is 6. The van der Waals surface area contributed by atoms with E-state index >= 15 is 0 Å². The number of carbonyl (C=O) groups excluding carboxylic acids is 1. The zero-order chi connectivity index (χ0) is 26.0. The summed E-state index contributed by atoms with van der Waals surface area (Å²) in [5, 5.41) is 7.69. The number of fused-ring (bicyclic) bond motifs is 1. The van der Waals surface area contributed by atoms with Gasteiger partial charge in [0.05, 0.1) is 18.3 Å². The standard InChI is InChI=1S/C32H32N4O/c1-21-27(26-9-5-6-10-29(26)34-21)19-31(37)36-24-15-16-30(35-25-8-7-17-33-20-25)28(18-24)22-11-13-23(14-12-22)32(2,3)4/h5-18,20,34-35H,19H2,1-4H3,(H,36,37). The van der Waals surface area contributed by atoms with Gasteiger partial charge in [-0.25, -0.2) is 0 Å². The van der Waals surface area contributed by atoms with Crippen molar-refractivity contribution in [2.24, 2.45) is 0 Å². The number of para-hydroxylation sites is 1. The van der Waals surface area contributed by atoms with E-state index in [9.17, 15) is 4.79 Å². The third-order valence-electron chi connectivity index (χ3n) is 6.67. The van der Waals surface area contributed by atoms with Crippen LogP contribution in [0.4, 0.5) is 17.1 Å². The van der Waals surface area contributed by atoms with Crippen molar-refractivity contribution in [2.75, 3.05) is 10.6 Å². The lowest BCUT2D eigenvalue weighted by Gasteiger charge is -2.20. The minimum Gasteiger partial charge on any atom is -0.358 e. The average molecular weight is 489 g/mol. The van der Waals surface area contributed by atoms with Crippen LogP contribution in [0.15, 0.2) is 91.3 Å². The fourth-order valence-corrected chi connectivity index (χ4v) is 4.64. The number of benzene rings is 3. The third kappa shape index (κ3) is 5.41. The highest BCUT2D eigenvalue weighted by Crippen LogP contribution is 2.34. The van der Waals surface area contributed by atoms with Crippen LogP contribution in [0.3, 0.4) is 0 Å². The number of pyridine rings is 1. The van der Waals surface area contributed by atoms with Gasteiger partial charge in [0.15, 0.2) is 0 Å². The molecule has 2 aromatic heterocycles. The summed E-state index contributed by atoms with van der Waals surface area (Å²) >= 11 is 0. The molecule has 0 unspecified atom stereocenters. The summed E-state index contributed by atoms with van der Waals surface area (Å²) in [4.78, 5) is 20.7. The highest BCUT2D eigenvalue weighted by molar-refractivity contribution is 5.97. The van der Waals surface area contributed by atoms with E-state index < -0.39 is 0 Å². The Morgan fingerprint density at radius 1 is 0.919 bits per heavy atom. The lowest BCUT2D eigenvalue weighted by atomic mass is 9.86. The molecule has 0 radical (unpaired) electrons. The Labute approximate surface area is 218 Å². The number of carbonyl (C=O) groups is 1. The molecule has 5 nitrogen and oxygen atoms in total. The van der Waals surface area contributed by atoms with E-state index in [4.69, 9.17) is 0 Å². The van der Waals surface area contributed by atoms with Crippen molar-refractivity contribution in [1.29, 1.82) is 0 Å². The molecule has 0 spiro atoms. The van der Waals surface area contributed by atoms with E-state index in [0.717, 1.165) is 50.3 Å². The van der Waals surface area contributed by atoms with Crippen molar-refractivity contribution in [1.82, 2.24) is 9.97 Å². The highest BCUT2D eigenvalue weighted by Gasteiger charge is 2.16. The van der Waals surface area contributed by atoms with Crippen LogP contribution in [-0.2, 0) is 16.6 Å². The van der Waals surface area contributed by atoms with Crippen LogP contribution >= 0.6 is 0 Å². The summed E-state index contributed by atoms with van der Waals surface area (Å²) in [5.74, 6) is -0.0464. The first-order valence-corrected chi connectivity index (χ1v) is 12.6. The van der Waals surface area contributed by atoms with Crippen LogP contribution in [0.2, 0.25) is 0 Å². The third-order valence-corrected chi connectivity index (χ3v) is 6.67. The molecule has 5 rings (SSSR count). The number of anilines is 3. The molecule has 0 aliphatic heterocycles. The topological polar surface area (TPSA) is 69.8 Å². The summed E-state index contributed by atoms with van der Waals surface area (Å²) < 4.78 is 0. The molecule has 0 bridgehead atoms. The Morgan fingerprint density at radius 2 is 1.70 bits per heavy atom. The van der Waals surface area contributed by atoms with Crippen molar-refractivity contribution in [3.63, 3.8) is 0 Å². The zero-order valence-corrected chi connectivity index (χ0v) is 21.7. The number of nitrogens with one attached hydrogen (secondary N) is 3. The average Bonchev–Trinajstić information content (AvgIpc) is 3.20. The lowest BCUT2D eigenvalue weighted by molar-refractivity contribution is -0.115. The van der Waals surface area contributed by atoms with Gasteiger partial charge in [-0.15, -0.1) is 0 Å². The highest BCUT2D eigenvalue weighted by atomic mass is 16.1. The van der Waals surface area contributed by atoms with Crippen LogP contribution in [0.1, 0.15) is 37.6 Å². The second-order valence-corrected chi connectivity index (χ2v) is 10.5. The molecule has 186 valence electrons. The monoisotopic (exact) mass is 488 g/mol. The molecule has 0 aliphatic rings. The minimum absolute atomic E-state index is 0.0464. The Balaban J connectivity index is 1.45. The fourth-order valence-electron chi connectivity index (χ4n) is 4.64. The van der Waals surface area contributed by atoms with Crippen molar-refractivity contribution < 1.29 is 4.79 Å². The molecule has 3 aromatic carbocycles. The van der Waals surface area contributed by atoms with Crippen LogP contribution in [0, 0.1) is 6.92 Å². The first kappa shape index (κ1) is 24.3. The maximum Gasteiger partial charge on any atom is 0.228 e. The van der Waals surface area contributed by atoms with E-state index in [2.05, 4.69) is 71.7 Å². The van der Waals surface area contributed by atoms with E-state index in [-0.39, 0.29) is 11.3 Å². The Kier molecular flexibility index (Phi) is 6.53. The molecule has 2 heterocycles. The van der Waals surface area contributed by atoms with Gasteiger partial charge in [-0.2, -0.15) is 0 Å². The largest absolute Gasteiger partial charge is 0.358 e. The number of aromatic amines is 1. The van der Waals surface area contributed by atoms with Crippen LogP contribution in [-0.4, -0.2) is 15.9 Å². The van der Waals surface area contributed by atoms with E-state index in [0.29, 0.717) is 6.42 Å². The van der Waals surface area contributed by atoms with Gasteiger partial charge >= 0.3 is 0 Å². The van der Waals surface area contributed by atoms with Crippen LogP contribution in [0.25, 0.3) is 22.0 Å². The number of aryl methyl sites for hydroxylation is 1. The van der Waals surface area contributed by atoms with Gasteiger partial charge in [0.1, 0.15) is 0 Å². The Bertz CT molecular complexity index is 1540. The van der Waals surface area contributed by atoms with Crippen molar-refractivity contribution in [2.45, 2.75) is 39.5 Å².